The van der Waals surface area contributed by atoms with Crippen LogP contribution in [0.25, 0.3) is 0 Å². The molecule has 1 heterocycles. The molecule has 0 spiro atoms. The van der Waals surface area contributed by atoms with Crippen LogP contribution in [0, 0.1) is 5.92 Å². The smallest absolute Gasteiger partial charge is 0.261 e. The minimum Gasteiger partial charge on any atom is -0.299 e. The molecule has 1 saturated carbocycles. The van der Waals surface area contributed by atoms with Crippen LogP contribution in [0.1, 0.15) is 46.4 Å². The van der Waals surface area contributed by atoms with Gasteiger partial charge in [0.25, 0.3) is 11.8 Å². The highest BCUT2D eigenvalue weighted by atomic mass is 16.2. The van der Waals surface area contributed by atoms with E-state index in [0.717, 1.165) is 12.8 Å². The normalized spacial score (nSPS) is 21.6. The third-order valence-electron chi connectivity index (χ3n) is 4.01. The summed E-state index contributed by atoms with van der Waals surface area (Å²) in [6.07, 6.45) is 3.15. The molecule has 0 bridgehead atoms. The predicted molar refractivity (Wildman–Crippen MR) is 68.8 cm³/mol. The molecule has 1 aromatic carbocycles. The molecular formula is C15H15NO3. The number of imide groups is 1. The number of Topliss-reactive ketones (excluding diaryl/α,β-unsaturated/α-hetero) is 1. The zero-order valence-electron chi connectivity index (χ0n) is 10.6. The number of amides is 2. The Labute approximate surface area is 111 Å². The molecule has 1 aromatic rings. The second-order valence-electron chi connectivity index (χ2n) is 5.15. The van der Waals surface area contributed by atoms with Gasteiger partial charge in [-0.25, -0.2) is 0 Å². The van der Waals surface area contributed by atoms with E-state index in [0.29, 0.717) is 36.3 Å². The maximum Gasteiger partial charge on any atom is 0.261 e. The Balaban J connectivity index is 1.62. The van der Waals surface area contributed by atoms with Crippen molar-refractivity contribution in [3.8, 4) is 0 Å². The summed E-state index contributed by atoms with van der Waals surface area (Å²) < 4.78 is 0. The molecule has 2 amide bonds. The van der Waals surface area contributed by atoms with Crippen LogP contribution in [-0.4, -0.2) is 29.0 Å². The topological polar surface area (TPSA) is 54.5 Å². The van der Waals surface area contributed by atoms with E-state index in [1.807, 2.05) is 0 Å². The molecule has 0 aromatic heterocycles. The molecule has 4 heteroatoms. The van der Waals surface area contributed by atoms with Crippen LogP contribution < -0.4 is 0 Å². The lowest BCUT2D eigenvalue weighted by Crippen LogP contribution is -2.32. The largest absolute Gasteiger partial charge is 0.299 e. The van der Waals surface area contributed by atoms with Gasteiger partial charge in [-0.3, -0.25) is 19.3 Å². The lowest BCUT2D eigenvalue weighted by molar-refractivity contribution is -0.129. The molecule has 1 aliphatic carbocycles. The highest BCUT2D eigenvalue weighted by Crippen LogP contribution is 2.28. The van der Waals surface area contributed by atoms with Crippen LogP contribution >= 0.6 is 0 Å². The van der Waals surface area contributed by atoms with E-state index in [1.165, 1.54) is 4.90 Å². The first kappa shape index (κ1) is 12.1. The minimum atomic E-state index is -0.208. The van der Waals surface area contributed by atoms with Gasteiger partial charge in [0, 0.05) is 18.9 Å². The SMILES string of the molecule is O=C1CCC1CCCN1C(=O)c2ccccc2C1=O. The Hall–Kier alpha value is -1.97. The van der Waals surface area contributed by atoms with E-state index in [9.17, 15) is 14.4 Å². The van der Waals surface area contributed by atoms with Crippen LogP contribution in [0.2, 0.25) is 0 Å². The van der Waals surface area contributed by atoms with E-state index in [2.05, 4.69) is 0 Å². The van der Waals surface area contributed by atoms with Crippen molar-refractivity contribution in [3.63, 3.8) is 0 Å². The minimum absolute atomic E-state index is 0.162. The van der Waals surface area contributed by atoms with Crippen molar-refractivity contribution >= 4 is 17.6 Å². The average molecular weight is 257 g/mol. The molecule has 2 aliphatic rings. The Morgan fingerprint density at radius 3 is 2.16 bits per heavy atom. The summed E-state index contributed by atoms with van der Waals surface area (Å²) in [4.78, 5) is 36.7. The molecule has 98 valence electrons. The van der Waals surface area contributed by atoms with Gasteiger partial charge >= 0.3 is 0 Å². The summed E-state index contributed by atoms with van der Waals surface area (Å²) in [6, 6.07) is 6.90. The summed E-state index contributed by atoms with van der Waals surface area (Å²) in [5.41, 5.74) is 0.986. The summed E-state index contributed by atoms with van der Waals surface area (Å²) in [6.45, 7) is 0.413. The van der Waals surface area contributed by atoms with E-state index in [1.54, 1.807) is 24.3 Å². The molecule has 0 N–H and O–H groups in total. The highest BCUT2D eigenvalue weighted by molar-refractivity contribution is 6.21. The Kier molecular flexibility index (Phi) is 2.93. The molecule has 3 rings (SSSR count). The fourth-order valence-corrected chi connectivity index (χ4v) is 2.71. The zero-order chi connectivity index (χ0) is 13.4. The number of ketones is 1. The number of hydrogen-bond acceptors (Lipinski definition) is 3. The first-order chi connectivity index (χ1) is 9.18. The van der Waals surface area contributed by atoms with Crippen LogP contribution in [0.5, 0.6) is 0 Å². The molecule has 0 saturated heterocycles. The molecule has 0 radical (unpaired) electrons. The summed E-state index contributed by atoms with van der Waals surface area (Å²) in [7, 11) is 0. The third-order valence-corrected chi connectivity index (χ3v) is 4.01. The van der Waals surface area contributed by atoms with Crippen LogP contribution in [0.3, 0.4) is 0 Å². The van der Waals surface area contributed by atoms with Crippen LogP contribution in [-0.2, 0) is 4.79 Å². The number of hydrogen-bond donors (Lipinski definition) is 0. The molecule has 1 unspecified atom stereocenters. The fourth-order valence-electron chi connectivity index (χ4n) is 2.71. The van der Waals surface area contributed by atoms with Crippen molar-refractivity contribution in [3.05, 3.63) is 35.4 Å². The van der Waals surface area contributed by atoms with Gasteiger partial charge in [0.05, 0.1) is 11.1 Å². The average Bonchev–Trinajstić information content (AvgIpc) is 2.67. The van der Waals surface area contributed by atoms with Crippen molar-refractivity contribution in [2.24, 2.45) is 5.92 Å². The Morgan fingerprint density at radius 1 is 1.05 bits per heavy atom. The number of nitrogens with zero attached hydrogens (tertiary/aromatic N) is 1. The van der Waals surface area contributed by atoms with Crippen LogP contribution in [0.15, 0.2) is 24.3 Å². The molecule has 1 fully saturated rings. The van der Waals surface area contributed by atoms with E-state index >= 15 is 0 Å². The number of carbonyl (C=O) groups excluding carboxylic acids is 3. The highest BCUT2D eigenvalue weighted by Gasteiger charge is 2.35. The second-order valence-corrected chi connectivity index (χ2v) is 5.15. The summed E-state index contributed by atoms with van der Waals surface area (Å²) >= 11 is 0. The number of benzene rings is 1. The van der Waals surface area contributed by atoms with Crippen molar-refractivity contribution < 1.29 is 14.4 Å². The van der Waals surface area contributed by atoms with Gasteiger partial charge in [-0.05, 0) is 31.4 Å². The molecular weight excluding hydrogens is 242 g/mol. The first-order valence-electron chi connectivity index (χ1n) is 6.66. The van der Waals surface area contributed by atoms with E-state index in [4.69, 9.17) is 0 Å². The molecule has 1 atom stereocenters. The maximum absolute atomic E-state index is 12.1. The van der Waals surface area contributed by atoms with Gasteiger partial charge in [0.2, 0.25) is 0 Å². The lowest BCUT2D eigenvalue weighted by atomic mass is 9.80. The van der Waals surface area contributed by atoms with Crippen molar-refractivity contribution in [1.29, 1.82) is 0 Å². The Bertz CT molecular complexity index is 529. The van der Waals surface area contributed by atoms with Gasteiger partial charge in [0.15, 0.2) is 0 Å². The van der Waals surface area contributed by atoms with Gasteiger partial charge in [-0.1, -0.05) is 12.1 Å². The number of carbonyl (C=O) groups is 3. The van der Waals surface area contributed by atoms with Gasteiger partial charge < -0.3 is 0 Å². The summed E-state index contributed by atoms with van der Waals surface area (Å²) in [5, 5.41) is 0. The standard InChI is InChI=1S/C15H15NO3/c17-13-8-7-10(13)4-3-9-16-14(18)11-5-1-2-6-12(11)15(16)19/h1-2,5-6,10H,3-4,7-9H2. The van der Waals surface area contributed by atoms with E-state index < -0.39 is 0 Å². The third kappa shape index (κ3) is 1.97. The fraction of sp³-hybridized carbons (Fsp3) is 0.400. The monoisotopic (exact) mass is 257 g/mol. The maximum atomic E-state index is 12.1. The van der Waals surface area contributed by atoms with Crippen molar-refractivity contribution in [1.82, 2.24) is 4.90 Å². The Morgan fingerprint density at radius 2 is 1.68 bits per heavy atom. The van der Waals surface area contributed by atoms with Gasteiger partial charge in [0.1, 0.15) is 5.78 Å². The molecule has 4 nitrogen and oxygen atoms in total. The lowest BCUT2D eigenvalue weighted by Gasteiger charge is -2.24. The number of rotatable bonds is 4. The predicted octanol–water partition coefficient (Wildman–Crippen LogP) is 2.04. The quantitative estimate of drug-likeness (QED) is 0.776. The first-order valence-corrected chi connectivity index (χ1v) is 6.66. The summed E-state index contributed by atoms with van der Waals surface area (Å²) in [5.74, 6) is 0.0682. The molecule has 19 heavy (non-hydrogen) atoms. The molecule has 1 aliphatic heterocycles. The van der Waals surface area contributed by atoms with Gasteiger partial charge in [-0.2, -0.15) is 0 Å². The number of fused-ring (bicyclic) bond motifs is 1. The van der Waals surface area contributed by atoms with Crippen LogP contribution in [0.4, 0.5) is 0 Å². The second kappa shape index (κ2) is 4.61. The van der Waals surface area contributed by atoms with E-state index in [-0.39, 0.29) is 17.7 Å². The zero-order valence-corrected chi connectivity index (χ0v) is 10.6. The van der Waals surface area contributed by atoms with Crippen molar-refractivity contribution in [2.75, 3.05) is 6.54 Å². The van der Waals surface area contributed by atoms with Gasteiger partial charge in [-0.15, -0.1) is 0 Å². The van der Waals surface area contributed by atoms with Crippen molar-refractivity contribution in [2.45, 2.75) is 25.7 Å².